The lowest BCUT2D eigenvalue weighted by Gasteiger charge is -2.14. The van der Waals surface area contributed by atoms with Crippen LogP contribution in [0.2, 0.25) is 5.02 Å². The van der Waals surface area contributed by atoms with E-state index in [-0.39, 0.29) is 16.7 Å². The van der Waals surface area contributed by atoms with Gasteiger partial charge in [0.2, 0.25) is 5.91 Å². The zero-order valence-electron chi connectivity index (χ0n) is 8.93. The molecule has 0 radical (unpaired) electrons. The number of rotatable bonds is 3. The van der Waals surface area contributed by atoms with Gasteiger partial charge in [-0.25, -0.2) is 0 Å². The quantitative estimate of drug-likeness (QED) is 0.578. The van der Waals surface area contributed by atoms with Crippen molar-refractivity contribution in [3.8, 4) is 0 Å². The van der Waals surface area contributed by atoms with Gasteiger partial charge in [0, 0.05) is 8.59 Å². The van der Waals surface area contributed by atoms with Crippen molar-refractivity contribution in [3.05, 3.63) is 26.8 Å². The molecule has 1 amide bonds. The van der Waals surface area contributed by atoms with Crippen LogP contribution in [-0.4, -0.2) is 10.7 Å². The summed E-state index contributed by atoms with van der Waals surface area (Å²) in [4.78, 5) is 11.6. The molecule has 1 atom stereocenters. The molecule has 0 spiro atoms. The number of hydrogen-bond acceptors (Lipinski definition) is 1. The second-order valence-electron chi connectivity index (χ2n) is 3.76. The van der Waals surface area contributed by atoms with Crippen LogP contribution < -0.4 is 5.32 Å². The smallest absolute Gasteiger partial charge is 0.238 e. The molecule has 1 unspecified atom stereocenters. The van der Waals surface area contributed by atoms with Crippen LogP contribution in [0.15, 0.2) is 18.2 Å². The van der Waals surface area contributed by atoms with Crippen LogP contribution in [0.3, 0.4) is 0 Å². The standard InChI is InChI=1S/C11H12BrClINO/c1-6(2)10(12)11(16)15-9-4-3-7(13)5-8(9)14/h3-6,10H,1-2H3,(H,15,16). The molecule has 0 heterocycles. The Morgan fingerprint density at radius 3 is 2.62 bits per heavy atom. The Morgan fingerprint density at radius 1 is 1.50 bits per heavy atom. The Kier molecular flexibility index (Phi) is 5.53. The fraction of sp³-hybridized carbons (Fsp3) is 0.364. The third-order valence-electron chi connectivity index (χ3n) is 2.02. The van der Waals surface area contributed by atoms with Crippen molar-refractivity contribution in [1.29, 1.82) is 0 Å². The SMILES string of the molecule is CC(C)C(Br)C(=O)Nc1ccc(Cl)cc1I. The normalized spacial score (nSPS) is 12.6. The molecule has 1 rings (SSSR count). The van der Waals surface area contributed by atoms with Crippen LogP contribution >= 0.6 is 50.1 Å². The largest absolute Gasteiger partial charge is 0.324 e. The highest BCUT2D eigenvalue weighted by atomic mass is 127. The van der Waals surface area contributed by atoms with Gasteiger partial charge in [-0.1, -0.05) is 41.4 Å². The first-order valence-electron chi connectivity index (χ1n) is 4.82. The topological polar surface area (TPSA) is 29.1 Å². The van der Waals surface area contributed by atoms with Crippen molar-refractivity contribution in [1.82, 2.24) is 0 Å². The van der Waals surface area contributed by atoms with Crippen LogP contribution in [0, 0.1) is 9.49 Å². The molecule has 0 saturated heterocycles. The Hall–Kier alpha value is 0.190. The number of hydrogen-bond donors (Lipinski definition) is 1. The van der Waals surface area contributed by atoms with E-state index in [1.165, 1.54) is 0 Å². The maximum Gasteiger partial charge on any atom is 0.238 e. The minimum atomic E-state index is -0.182. The molecule has 0 fully saturated rings. The number of anilines is 1. The first-order valence-corrected chi connectivity index (χ1v) is 7.19. The zero-order chi connectivity index (χ0) is 12.3. The van der Waals surface area contributed by atoms with Crippen molar-refractivity contribution in [2.45, 2.75) is 18.7 Å². The maximum atomic E-state index is 11.8. The molecule has 88 valence electrons. The predicted octanol–water partition coefficient (Wildman–Crippen LogP) is 4.30. The molecule has 1 N–H and O–H groups in total. The van der Waals surface area contributed by atoms with E-state index in [0.717, 1.165) is 9.26 Å². The lowest BCUT2D eigenvalue weighted by molar-refractivity contribution is -0.116. The van der Waals surface area contributed by atoms with Crippen molar-refractivity contribution in [2.24, 2.45) is 5.92 Å². The van der Waals surface area contributed by atoms with Gasteiger partial charge in [0.05, 0.1) is 10.5 Å². The van der Waals surface area contributed by atoms with Gasteiger partial charge in [-0.3, -0.25) is 4.79 Å². The second kappa shape index (κ2) is 6.21. The summed E-state index contributed by atoms with van der Waals surface area (Å²) >= 11 is 11.3. The monoisotopic (exact) mass is 415 g/mol. The van der Waals surface area contributed by atoms with Crippen LogP contribution in [0.5, 0.6) is 0 Å². The van der Waals surface area contributed by atoms with Crippen molar-refractivity contribution < 1.29 is 4.79 Å². The van der Waals surface area contributed by atoms with Crippen molar-refractivity contribution >= 4 is 61.7 Å². The van der Waals surface area contributed by atoms with Crippen LogP contribution in [0.25, 0.3) is 0 Å². The molecule has 0 aliphatic heterocycles. The van der Waals surface area contributed by atoms with E-state index in [9.17, 15) is 4.79 Å². The van der Waals surface area contributed by atoms with E-state index in [1.807, 2.05) is 26.0 Å². The number of carbonyl (C=O) groups excluding carboxylic acids is 1. The highest BCUT2D eigenvalue weighted by Crippen LogP contribution is 2.23. The first-order chi connectivity index (χ1) is 7.41. The molecule has 0 aromatic heterocycles. The Bertz CT molecular complexity index is 398. The fourth-order valence-electron chi connectivity index (χ4n) is 1.10. The molecule has 0 bridgehead atoms. The van der Waals surface area contributed by atoms with Gasteiger partial charge in [-0.2, -0.15) is 0 Å². The van der Waals surface area contributed by atoms with Crippen LogP contribution in [-0.2, 0) is 4.79 Å². The molecular weight excluding hydrogens is 404 g/mol. The molecule has 16 heavy (non-hydrogen) atoms. The molecular formula is C11H12BrClINO. The third-order valence-corrected chi connectivity index (χ3v) is 4.63. The summed E-state index contributed by atoms with van der Waals surface area (Å²) in [7, 11) is 0. The Labute approximate surface area is 122 Å². The summed E-state index contributed by atoms with van der Waals surface area (Å²) in [5.41, 5.74) is 0.792. The minimum Gasteiger partial charge on any atom is -0.324 e. The van der Waals surface area contributed by atoms with Gasteiger partial charge in [-0.15, -0.1) is 0 Å². The summed E-state index contributed by atoms with van der Waals surface area (Å²) < 4.78 is 0.932. The van der Waals surface area contributed by atoms with Gasteiger partial charge in [0.25, 0.3) is 0 Å². The number of halogens is 3. The van der Waals surface area contributed by atoms with E-state index in [2.05, 4.69) is 43.8 Å². The average Bonchev–Trinajstić information content (AvgIpc) is 2.20. The van der Waals surface area contributed by atoms with E-state index in [4.69, 9.17) is 11.6 Å². The molecule has 0 aliphatic rings. The van der Waals surface area contributed by atoms with Crippen LogP contribution in [0.4, 0.5) is 5.69 Å². The summed E-state index contributed by atoms with van der Waals surface area (Å²) in [6.07, 6.45) is 0. The number of carbonyl (C=O) groups is 1. The van der Waals surface area contributed by atoms with E-state index in [1.54, 1.807) is 6.07 Å². The Balaban J connectivity index is 2.77. The minimum absolute atomic E-state index is 0.0322. The highest BCUT2D eigenvalue weighted by Gasteiger charge is 2.19. The van der Waals surface area contributed by atoms with Crippen molar-refractivity contribution in [2.75, 3.05) is 5.32 Å². The summed E-state index contributed by atoms with van der Waals surface area (Å²) in [6, 6.07) is 5.39. The molecule has 1 aromatic rings. The summed E-state index contributed by atoms with van der Waals surface area (Å²) in [5.74, 6) is 0.222. The molecule has 0 saturated carbocycles. The van der Waals surface area contributed by atoms with E-state index < -0.39 is 0 Å². The third kappa shape index (κ3) is 3.89. The lowest BCUT2D eigenvalue weighted by Crippen LogP contribution is -2.27. The number of alkyl halides is 1. The molecule has 5 heteroatoms. The van der Waals surface area contributed by atoms with Gasteiger partial charge >= 0.3 is 0 Å². The maximum absolute atomic E-state index is 11.8. The predicted molar refractivity (Wildman–Crippen MR) is 80.4 cm³/mol. The summed E-state index contributed by atoms with van der Waals surface area (Å²) in [5, 5.41) is 3.53. The highest BCUT2D eigenvalue weighted by molar-refractivity contribution is 14.1. The van der Waals surface area contributed by atoms with E-state index >= 15 is 0 Å². The zero-order valence-corrected chi connectivity index (χ0v) is 13.4. The second-order valence-corrected chi connectivity index (χ2v) is 6.34. The number of amides is 1. The van der Waals surface area contributed by atoms with E-state index in [0.29, 0.717) is 5.02 Å². The molecule has 1 aromatic carbocycles. The number of nitrogens with one attached hydrogen (secondary N) is 1. The van der Waals surface area contributed by atoms with Gasteiger partial charge in [0.15, 0.2) is 0 Å². The van der Waals surface area contributed by atoms with Gasteiger partial charge in [0.1, 0.15) is 0 Å². The average molecular weight is 416 g/mol. The Morgan fingerprint density at radius 2 is 2.12 bits per heavy atom. The molecule has 2 nitrogen and oxygen atoms in total. The fourth-order valence-corrected chi connectivity index (χ4v) is 2.22. The van der Waals surface area contributed by atoms with Crippen LogP contribution in [0.1, 0.15) is 13.8 Å². The van der Waals surface area contributed by atoms with Crippen molar-refractivity contribution in [3.63, 3.8) is 0 Å². The number of benzene rings is 1. The summed E-state index contributed by atoms with van der Waals surface area (Å²) in [6.45, 7) is 3.98. The van der Waals surface area contributed by atoms with Gasteiger partial charge < -0.3 is 5.32 Å². The van der Waals surface area contributed by atoms with Gasteiger partial charge in [-0.05, 0) is 46.7 Å². The first kappa shape index (κ1) is 14.3. The lowest BCUT2D eigenvalue weighted by atomic mass is 10.1. The molecule has 0 aliphatic carbocycles.